The molecule has 0 saturated carbocycles. The summed E-state index contributed by atoms with van der Waals surface area (Å²) in [7, 11) is 0. The van der Waals surface area contributed by atoms with E-state index >= 15 is 0 Å². The highest BCUT2D eigenvalue weighted by atomic mass is 16.3. The summed E-state index contributed by atoms with van der Waals surface area (Å²) in [6.07, 6.45) is 6.24. The van der Waals surface area contributed by atoms with E-state index in [9.17, 15) is 0 Å². The lowest BCUT2D eigenvalue weighted by atomic mass is 10.1. The van der Waals surface area contributed by atoms with Crippen molar-refractivity contribution in [3.63, 3.8) is 0 Å². The number of hydrogen-bond donors (Lipinski definition) is 0. The summed E-state index contributed by atoms with van der Waals surface area (Å²) < 4.78 is 5.24. The van der Waals surface area contributed by atoms with Crippen LogP contribution in [-0.4, -0.2) is 0 Å². The Kier molecular flexibility index (Phi) is 2.32. The third-order valence-electron chi connectivity index (χ3n) is 1.71. The van der Waals surface area contributed by atoms with Crippen molar-refractivity contribution >= 4 is 12.2 Å². The van der Waals surface area contributed by atoms with Gasteiger partial charge in [-0.25, -0.2) is 0 Å². The highest BCUT2D eigenvalue weighted by Gasteiger charge is 2.04. The highest BCUT2D eigenvalue weighted by Crippen LogP contribution is 2.19. The first-order chi connectivity index (χ1) is 5.33. The van der Waals surface area contributed by atoms with Gasteiger partial charge in [-0.3, -0.25) is 0 Å². The first-order valence-corrected chi connectivity index (χ1v) is 3.68. The summed E-state index contributed by atoms with van der Waals surface area (Å²) in [6, 6.07) is 0. The highest BCUT2D eigenvalue weighted by molar-refractivity contribution is 5.62. The number of furan rings is 1. The van der Waals surface area contributed by atoms with Crippen molar-refractivity contribution < 1.29 is 4.42 Å². The van der Waals surface area contributed by atoms with Gasteiger partial charge in [0.1, 0.15) is 5.76 Å². The molecule has 0 spiro atoms. The molecule has 0 aliphatic heterocycles. The van der Waals surface area contributed by atoms with E-state index in [0.717, 1.165) is 17.7 Å². The molecule has 0 bridgehead atoms. The Morgan fingerprint density at radius 2 is 2.18 bits per heavy atom. The van der Waals surface area contributed by atoms with E-state index in [-0.39, 0.29) is 0 Å². The zero-order valence-corrected chi connectivity index (χ0v) is 6.76. The van der Waals surface area contributed by atoms with Gasteiger partial charge in [0.05, 0.1) is 6.26 Å². The average Bonchev–Trinajstić information content (AvgIpc) is 2.45. The molecule has 1 heterocycles. The van der Waals surface area contributed by atoms with Crippen LogP contribution in [0.1, 0.15) is 23.8 Å². The van der Waals surface area contributed by atoms with Gasteiger partial charge in [-0.1, -0.05) is 26.2 Å². The molecule has 1 heteroatoms. The SMILES string of the molecule is C=Cc1occ(CC)c1C=C. The molecular formula is C10H12O. The molecule has 1 nitrogen and oxygen atoms in total. The fraction of sp³-hybridized carbons (Fsp3) is 0.200. The summed E-state index contributed by atoms with van der Waals surface area (Å²) in [6.45, 7) is 9.45. The molecule has 0 unspecified atom stereocenters. The van der Waals surface area contributed by atoms with Crippen LogP contribution >= 0.6 is 0 Å². The molecule has 1 rings (SSSR count). The molecule has 0 radical (unpaired) electrons. The maximum absolute atomic E-state index is 5.24. The standard InChI is InChI=1S/C10H12O/c1-4-8-7-11-10(6-3)9(8)5-2/h5-7H,2-4H2,1H3. The van der Waals surface area contributed by atoms with Crippen molar-refractivity contribution in [1.29, 1.82) is 0 Å². The molecule has 0 N–H and O–H groups in total. The number of hydrogen-bond acceptors (Lipinski definition) is 1. The largest absolute Gasteiger partial charge is 0.464 e. The van der Waals surface area contributed by atoms with Crippen LogP contribution in [0.25, 0.3) is 12.2 Å². The van der Waals surface area contributed by atoms with Gasteiger partial charge in [0.25, 0.3) is 0 Å². The summed E-state index contributed by atoms with van der Waals surface area (Å²) in [4.78, 5) is 0. The summed E-state index contributed by atoms with van der Waals surface area (Å²) in [5.74, 6) is 0.817. The summed E-state index contributed by atoms with van der Waals surface area (Å²) >= 11 is 0. The van der Waals surface area contributed by atoms with Crippen LogP contribution in [0.5, 0.6) is 0 Å². The van der Waals surface area contributed by atoms with Crippen LogP contribution in [-0.2, 0) is 6.42 Å². The Morgan fingerprint density at radius 1 is 1.45 bits per heavy atom. The second-order valence-corrected chi connectivity index (χ2v) is 2.30. The van der Waals surface area contributed by atoms with Gasteiger partial charge in [-0.15, -0.1) is 0 Å². The quantitative estimate of drug-likeness (QED) is 0.641. The second kappa shape index (κ2) is 3.24. The number of rotatable bonds is 3. The van der Waals surface area contributed by atoms with Crippen LogP contribution in [0.15, 0.2) is 23.8 Å². The molecule has 1 aromatic rings. The summed E-state index contributed by atoms with van der Waals surface area (Å²) in [5, 5.41) is 0. The first-order valence-electron chi connectivity index (χ1n) is 3.68. The lowest BCUT2D eigenvalue weighted by molar-refractivity contribution is 0.554. The molecular weight excluding hydrogens is 136 g/mol. The van der Waals surface area contributed by atoms with Gasteiger partial charge >= 0.3 is 0 Å². The van der Waals surface area contributed by atoms with Gasteiger partial charge in [0.2, 0.25) is 0 Å². The minimum absolute atomic E-state index is 0.817. The Morgan fingerprint density at radius 3 is 2.64 bits per heavy atom. The van der Waals surface area contributed by atoms with Crippen molar-refractivity contribution in [2.45, 2.75) is 13.3 Å². The fourth-order valence-corrected chi connectivity index (χ4v) is 1.08. The molecule has 0 saturated heterocycles. The Balaban J connectivity index is 3.18. The molecule has 1 aromatic heterocycles. The minimum Gasteiger partial charge on any atom is -0.464 e. The lowest BCUT2D eigenvalue weighted by Gasteiger charge is -1.91. The molecule has 0 amide bonds. The van der Waals surface area contributed by atoms with Crippen LogP contribution in [0.2, 0.25) is 0 Å². The zero-order chi connectivity index (χ0) is 8.27. The third-order valence-corrected chi connectivity index (χ3v) is 1.71. The molecule has 11 heavy (non-hydrogen) atoms. The summed E-state index contributed by atoms with van der Waals surface area (Å²) in [5.41, 5.74) is 2.26. The third kappa shape index (κ3) is 1.27. The Labute approximate surface area is 67.0 Å². The molecule has 0 aromatic carbocycles. The Bertz CT molecular complexity index is 268. The normalized spacial score (nSPS) is 9.55. The van der Waals surface area contributed by atoms with E-state index in [1.807, 2.05) is 0 Å². The van der Waals surface area contributed by atoms with Crippen LogP contribution in [0, 0.1) is 0 Å². The van der Waals surface area contributed by atoms with Gasteiger partial charge < -0.3 is 4.42 Å². The van der Waals surface area contributed by atoms with E-state index in [0.29, 0.717) is 0 Å². The monoisotopic (exact) mass is 148 g/mol. The van der Waals surface area contributed by atoms with Crippen molar-refractivity contribution in [2.75, 3.05) is 0 Å². The van der Waals surface area contributed by atoms with Crippen LogP contribution in [0.3, 0.4) is 0 Å². The molecule has 0 fully saturated rings. The topological polar surface area (TPSA) is 13.1 Å². The fourth-order valence-electron chi connectivity index (χ4n) is 1.08. The van der Waals surface area contributed by atoms with E-state index in [1.54, 1.807) is 18.4 Å². The average molecular weight is 148 g/mol. The van der Waals surface area contributed by atoms with Crippen molar-refractivity contribution in [1.82, 2.24) is 0 Å². The van der Waals surface area contributed by atoms with Gasteiger partial charge in [0, 0.05) is 5.56 Å². The molecule has 58 valence electrons. The maximum atomic E-state index is 5.24. The predicted octanol–water partition coefficient (Wildman–Crippen LogP) is 3.13. The van der Waals surface area contributed by atoms with E-state index in [2.05, 4.69) is 20.1 Å². The minimum atomic E-state index is 0.817. The Hall–Kier alpha value is -1.24. The maximum Gasteiger partial charge on any atom is 0.133 e. The number of aryl methyl sites for hydroxylation is 1. The smallest absolute Gasteiger partial charge is 0.133 e. The molecule has 0 aliphatic rings. The second-order valence-electron chi connectivity index (χ2n) is 2.30. The van der Waals surface area contributed by atoms with E-state index in [4.69, 9.17) is 4.42 Å². The van der Waals surface area contributed by atoms with Gasteiger partial charge in [-0.05, 0) is 18.1 Å². The molecule has 0 atom stereocenters. The lowest BCUT2D eigenvalue weighted by Crippen LogP contribution is -1.79. The van der Waals surface area contributed by atoms with Crippen LogP contribution < -0.4 is 0 Å². The zero-order valence-electron chi connectivity index (χ0n) is 6.76. The first kappa shape index (κ1) is 7.86. The molecule has 0 aliphatic carbocycles. The predicted molar refractivity (Wildman–Crippen MR) is 48.3 cm³/mol. The van der Waals surface area contributed by atoms with Crippen molar-refractivity contribution in [3.8, 4) is 0 Å². The van der Waals surface area contributed by atoms with Crippen LogP contribution in [0.4, 0.5) is 0 Å². The van der Waals surface area contributed by atoms with E-state index < -0.39 is 0 Å². The van der Waals surface area contributed by atoms with Gasteiger partial charge in [0.15, 0.2) is 0 Å². The van der Waals surface area contributed by atoms with Gasteiger partial charge in [-0.2, -0.15) is 0 Å². The van der Waals surface area contributed by atoms with Crippen molar-refractivity contribution in [3.05, 3.63) is 36.3 Å². The van der Waals surface area contributed by atoms with E-state index in [1.165, 1.54) is 5.56 Å². The van der Waals surface area contributed by atoms with Crippen molar-refractivity contribution in [2.24, 2.45) is 0 Å².